The minimum absolute atomic E-state index is 0.00796. The number of nitrogens with one attached hydrogen (secondary N) is 1. The first kappa shape index (κ1) is 14.5. The molecule has 0 aromatic heterocycles. The third-order valence-electron chi connectivity index (χ3n) is 3.72. The molecule has 2 aromatic rings. The van der Waals surface area contributed by atoms with Crippen molar-refractivity contribution in [1.82, 2.24) is 5.32 Å². The summed E-state index contributed by atoms with van der Waals surface area (Å²) in [5.74, 6) is 0.0799. The van der Waals surface area contributed by atoms with Crippen LogP contribution in [0, 0.1) is 11.6 Å². The van der Waals surface area contributed by atoms with Crippen LogP contribution in [0.25, 0.3) is 0 Å². The minimum atomic E-state index is -0.297. The number of hydrogen-bond donors (Lipinski definition) is 1. The van der Waals surface area contributed by atoms with Gasteiger partial charge in [0.15, 0.2) is 0 Å². The first-order valence-electron chi connectivity index (χ1n) is 6.67. The highest BCUT2D eigenvalue weighted by molar-refractivity contribution is 9.10. The molecule has 2 aromatic carbocycles. The molecule has 2 unspecified atom stereocenters. The van der Waals surface area contributed by atoms with Crippen LogP contribution in [0.5, 0.6) is 5.75 Å². The summed E-state index contributed by atoms with van der Waals surface area (Å²) in [6, 6.07) is 9.06. The normalized spacial score (nSPS) is 20.8. The molecule has 0 amide bonds. The van der Waals surface area contributed by atoms with Gasteiger partial charge in [0.1, 0.15) is 23.5 Å². The smallest absolute Gasteiger partial charge is 0.127 e. The van der Waals surface area contributed by atoms with Gasteiger partial charge in [0.25, 0.3) is 0 Å². The van der Waals surface area contributed by atoms with E-state index in [0.29, 0.717) is 16.6 Å². The van der Waals surface area contributed by atoms with Crippen LogP contribution in [0.3, 0.4) is 0 Å². The summed E-state index contributed by atoms with van der Waals surface area (Å²) < 4.78 is 33.3. The number of halogens is 3. The number of ether oxygens (including phenoxy) is 1. The maximum absolute atomic E-state index is 13.4. The fourth-order valence-corrected chi connectivity index (χ4v) is 3.27. The zero-order valence-corrected chi connectivity index (χ0v) is 13.0. The summed E-state index contributed by atoms with van der Waals surface area (Å²) >= 11 is 3.38. The van der Waals surface area contributed by atoms with Crippen molar-refractivity contribution >= 4 is 15.9 Å². The molecule has 0 saturated heterocycles. The maximum atomic E-state index is 13.4. The number of benzene rings is 2. The minimum Gasteiger partial charge on any atom is -0.485 e. The molecule has 110 valence electrons. The lowest BCUT2D eigenvalue weighted by Gasteiger charge is -2.32. The van der Waals surface area contributed by atoms with Crippen molar-refractivity contribution in [2.45, 2.75) is 18.6 Å². The third kappa shape index (κ3) is 2.80. The van der Waals surface area contributed by atoms with Gasteiger partial charge in [0.2, 0.25) is 0 Å². The summed E-state index contributed by atoms with van der Waals surface area (Å²) in [7, 11) is 1.83. The van der Waals surface area contributed by atoms with Crippen LogP contribution in [0.1, 0.15) is 29.7 Å². The molecule has 1 heterocycles. The van der Waals surface area contributed by atoms with Crippen LogP contribution in [0.4, 0.5) is 8.78 Å². The predicted molar refractivity (Wildman–Crippen MR) is 80.3 cm³/mol. The Morgan fingerprint density at radius 2 is 1.81 bits per heavy atom. The van der Waals surface area contributed by atoms with Crippen molar-refractivity contribution in [3.8, 4) is 5.75 Å². The van der Waals surface area contributed by atoms with Gasteiger partial charge in [-0.1, -0.05) is 22.0 Å². The second-order valence-corrected chi connectivity index (χ2v) is 5.89. The Balaban J connectivity index is 1.98. The van der Waals surface area contributed by atoms with E-state index in [-0.39, 0.29) is 23.8 Å². The van der Waals surface area contributed by atoms with Crippen LogP contribution in [-0.2, 0) is 0 Å². The molecule has 1 N–H and O–H groups in total. The molecular formula is C16H14BrF2NO. The average molecular weight is 354 g/mol. The zero-order chi connectivity index (χ0) is 15.0. The van der Waals surface area contributed by atoms with Crippen LogP contribution in [0.15, 0.2) is 40.9 Å². The predicted octanol–water partition coefficient (Wildman–Crippen LogP) is 4.51. The topological polar surface area (TPSA) is 21.3 Å². The summed E-state index contributed by atoms with van der Waals surface area (Å²) in [6.07, 6.45) is 0.437. The molecule has 0 aliphatic carbocycles. The SMILES string of the molecule is CNC1CC(c2ccc(F)cc2Br)Oc2ccc(F)cc21. The standard InChI is InChI=1S/C16H14BrF2NO/c1-20-14-8-16(11-4-2-10(19)7-13(11)17)21-15-5-3-9(18)6-12(14)15/h2-7,14,16,20H,8H2,1H3. The second-order valence-electron chi connectivity index (χ2n) is 5.03. The molecule has 0 bridgehead atoms. The second kappa shape index (κ2) is 5.73. The van der Waals surface area contributed by atoms with Crippen molar-refractivity contribution < 1.29 is 13.5 Å². The summed E-state index contributed by atoms with van der Waals surface area (Å²) in [6.45, 7) is 0. The third-order valence-corrected chi connectivity index (χ3v) is 4.41. The van der Waals surface area contributed by atoms with E-state index in [1.807, 2.05) is 7.05 Å². The first-order chi connectivity index (χ1) is 10.1. The molecule has 0 spiro atoms. The number of rotatable bonds is 2. The molecule has 0 saturated carbocycles. The molecule has 1 aliphatic rings. The van der Waals surface area contributed by atoms with E-state index in [1.54, 1.807) is 12.1 Å². The summed E-state index contributed by atoms with van der Waals surface area (Å²) in [4.78, 5) is 0. The van der Waals surface area contributed by atoms with Gasteiger partial charge in [-0.3, -0.25) is 0 Å². The molecule has 2 nitrogen and oxygen atoms in total. The van der Waals surface area contributed by atoms with Crippen molar-refractivity contribution in [1.29, 1.82) is 0 Å². The van der Waals surface area contributed by atoms with Gasteiger partial charge in [0, 0.05) is 28.1 Å². The van der Waals surface area contributed by atoms with Gasteiger partial charge in [-0.25, -0.2) is 8.78 Å². The van der Waals surface area contributed by atoms with Gasteiger partial charge >= 0.3 is 0 Å². The lowest BCUT2D eigenvalue weighted by atomic mass is 9.93. The lowest BCUT2D eigenvalue weighted by Crippen LogP contribution is -2.27. The van der Waals surface area contributed by atoms with Crippen LogP contribution >= 0.6 is 15.9 Å². The Hall–Kier alpha value is -1.46. The lowest BCUT2D eigenvalue weighted by molar-refractivity contribution is 0.152. The molecule has 0 fully saturated rings. The van der Waals surface area contributed by atoms with E-state index in [4.69, 9.17) is 4.74 Å². The van der Waals surface area contributed by atoms with Crippen LogP contribution in [0.2, 0.25) is 0 Å². The fraction of sp³-hybridized carbons (Fsp3) is 0.250. The van der Waals surface area contributed by atoms with Gasteiger partial charge in [-0.05, 0) is 37.4 Å². The highest BCUT2D eigenvalue weighted by atomic mass is 79.9. The monoisotopic (exact) mass is 353 g/mol. The Labute approximate surface area is 130 Å². The molecule has 1 aliphatic heterocycles. The van der Waals surface area contributed by atoms with Crippen LogP contribution in [-0.4, -0.2) is 7.05 Å². The van der Waals surface area contributed by atoms with Gasteiger partial charge < -0.3 is 10.1 Å². The summed E-state index contributed by atoms with van der Waals surface area (Å²) in [5.41, 5.74) is 1.69. The largest absolute Gasteiger partial charge is 0.485 e. The van der Waals surface area contributed by atoms with Crippen LogP contribution < -0.4 is 10.1 Å². The van der Waals surface area contributed by atoms with E-state index in [9.17, 15) is 8.78 Å². The van der Waals surface area contributed by atoms with Crippen molar-refractivity contribution in [3.63, 3.8) is 0 Å². The molecule has 5 heteroatoms. The summed E-state index contributed by atoms with van der Waals surface area (Å²) in [5, 5.41) is 3.18. The quantitative estimate of drug-likeness (QED) is 0.857. The van der Waals surface area contributed by atoms with E-state index in [0.717, 1.165) is 11.1 Å². The van der Waals surface area contributed by atoms with E-state index >= 15 is 0 Å². The maximum Gasteiger partial charge on any atom is 0.127 e. The van der Waals surface area contributed by atoms with Gasteiger partial charge in [-0.15, -0.1) is 0 Å². The molecular weight excluding hydrogens is 340 g/mol. The fourth-order valence-electron chi connectivity index (χ4n) is 2.67. The molecule has 21 heavy (non-hydrogen) atoms. The van der Waals surface area contributed by atoms with E-state index in [2.05, 4.69) is 21.2 Å². The van der Waals surface area contributed by atoms with Crippen molar-refractivity contribution in [3.05, 3.63) is 63.6 Å². The van der Waals surface area contributed by atoms with Crippen molar-refractivity contribution in [2.75, 3.05) is 7.05 Å². The Morgan fingerprint density at radius 1 is 1.10 bits per heavy atom. The van der Waals surface area contributed by atoms with Gasteiger partial charge in [-0.2, -0.15) is 0 Å². The highest BCUT2D eigenvalue weighted by Crippen LogP contribution is 2.42. The Kier molecular flexibility index (Phi) is 3.95. The Bertz CT molecular complexity index is 677. The van der Waals surface area contributed by atoms with E-state index in [1.165, 1.54) is 24.3 Å². The number of fused-ring (bicyclic) bond motifs is 1. The molecule has 3 rings (SSSR count). The zero-order valence-electron chi connectivity index (χ0n) is 11.4. The van der Waals surface area contributed by atoms with E-state index < -0.39 is 0 Å². The van der Waals surface area contributed by atoms with Gasteiger partial charge in [0.05, 0.1) is 0 Å². The Morgan fingerprint density at radius 3 is 2.52 bits per heavy atom. The number of hydrogen-bond acceptors (Lipinski definition) is 2. The average Bonchev–Trinajstić information content (AvgIpc) is 2.46. The highest BCUT2D eigenvalue weighted by Gasteiger charge is 2.29. The first-order valence-corrected chi connectivity index (χ1v) is 7.46. The molecule has 2 atom stereocenters. The molecule has 0 radical (unpaired) electrons. The van der Waals surface area contributed by atoms with Crippen molar-refractivity contribution in [2.24, 2.45) is 0 Å².